The molecule has 0 amide bonds. The number of hydrogen-bond donors (Lipinski definition) is 0. The first-order valence-electron chi connectivity index (χ1n) is 0.383. The summed E-state index contributed by atoms with van der Waals surface area (Å²) < 4.78 is 0. The van der Waals surface area contributed by atoms with Crippen LogP contribution in [0.2, 0.25) is 0 Å². The van der Waals surface area contributed by atoms with Gasteiger partial charge in [-0.05, 0) is 0 Å². The highest BCUT2D eigenvalue weighted by atomic mass is 32.1. The van der Waals surface area contributed by atoms with Gasteiger partial charge in [-0.15, -0.1) is 0 Å². The highest BCUT2D eigenvalue weighted by Gasteiger charge is 1.06. The molecule has 0 bridgehead atoms. The zero-order valence-electron chi connectivity index (χ0n) is 1.80. The minimum absolute atomic E-state index is 0. The number of nitrogens with zero attached hydrogens (tertiary/aromatic N) is 2. The van der Waals surface area contributed by atoms with Gasteiger partial charge in [0.25, 0.3) is 0 Å². The number of rotatable bonds is 0. The molecular weight excluding hydrogens is 76.1 g/mol. The molecule has 0 fully saturated rings. The average molecular weight is 78.1 g/mol. The first-order chi connectivity index (χ1) is 1.41. The van der Waals surface area contributed by atoms with Crippen LogP contribution in [0.1, 0.15) is 0 Å². The molecule has 0 N–H and O–H groups in total. The molecule has 0 saturated carbocycles. The van der Waals surface area contributed by atoms with Gasteiger partial charge in [-0.2, -0.15) is 13.5 Å². The van der Waals surface area contributed by atoms with Crippen LogP contribution >= 0.6 is 13.5 Å². The van der Waals surface area contributed by atoms with Crippen LogP contribution in [-0.2, 0) is 0 Å². The molecule has 3 nitrogen and oxygen atoms in total. The van der Waals surface area contributed by atoms with E-state index < -0.39 is 0 Å². The topological polar surface area (TPSA) is 53.5 Å². The van der Waals surface area contributed by atoms with Crippen LogP contribution in [0.25, 0.3) is 5.53 Å². The fourth-order valence-corrected chi connectivity index (χ4v) is 0. The second-order valence-corrected chi connectivity index (χ2v) is 0.0816. The molecule has 0 aliphatic carbocycles. The molecule has 0 unspecified atom stereocenters. The fraction of sp³-hybridized carbons (Fsp3) is 0. The van der Waals surface area contributed by atoms with Crippen LogP contribution in [0.4, 0.5) is 0 Å². The predicted octanol–water partition coefficient (Wildman–Crippen LogP) is -0.0456. The van der Waals surface area contributed by atoms with Crippen molar-refractivity contribution in [1.29, 1.82) is 0 Å². The lowest BCUT2D eigenvalue weighted by Gasteiger charge is -0.999. The highest BCUT2D eigenvalue weighted by molar-refractivity contribution is 7.59. The van der Waals surface area contributed by atoms with Crippen LogP contribution < -0.4 is 4.97 Å². The van der Waals surface area contributed by atoms with E-state index in [1.807, 2.05) is 0 Å². The maximum absolute atomic E-state index is 8.11. The summed E-state index contributed by atoms with van der Waals surface area (Å²) in [5.74, 6) is 0. The SMILES string of the molecule is S.[N-]=[N+]=O. The number of hydrogen-bond acceptors (Lipinski definition) is 1. The third-order valence-electron chi connectivity index (χ3n) is 0. The molecule has 0 atom stereocenters. The molecule has 0 heterocycles. The molecule has 0 rings (SSSR count). The van der Waals surface area contributed by atoms with E-state index >= 15 is 0 Å². The lowest BCUT2D eigenvalue weighted by molar-refractivity contribution is 1.58. The summed E-state index contributed by atoms with van der Waals surface area (Å²) in [5, 5.41) is 0. The van der Waals surface area contributed by atoms with Crippen molar-refractivity contribution in [3.05, 3.63) is 10.4 Å². The maximum Gasteiger partial charge on any atom is 0.151 e. The molecule has 0 aromatic carbocycles. The van der Waals surface area contributed by atoms with Gasteiger partial charge in [0.15, 0.2) is 4.91 Å². The Balaban J connectivity index is 0. The molecular formula is H2N2OS. The van der Waals surface area contributed by atoms with Gasteiger partial charge >= 0.3 is 0 Å². The summed E-state index contributed by atoms with van der Waals surface area (Å²) in [6, 6.07) is 0. The summed E-state index contributed by atoms with van der Waals surface area (Å²) in [5.41, 5.74) is 6.64. The molecule has 0 radical (unpaired) electrons. The zero-order valence-corrected chi connectivity index (χ0v) is 2.80. The van der Waals surface area contributed by atoms with Gasteiger partial charge in [0.1, 0.15) is 4.97 Å². The van der Waals surface area contributed by atoms with E-state index in [4.69, 9.17) is 10.4 Å². The normalized spacial score (nSPS) is 2.00. The van der Waals surface area contributed by atoms with Crippen LogP contribution in [0.5, 0.6) is 0 Å². The Morgan fingerprint density at radius 2 is 1.75 bits per heavy atom. The van der Waals surface area contributed by atoms with Gasteiger partial charge in [-0.3, -0.25) is 5.53 Å². The van der Waals surface area contributed by atoms with Crippen molar-refractivity contribution in [2.45, 2.75) is 0 Å². The van der Waals surface area contributed by atoms with E-state index in [2.05, 4.69) is 0 Å². The molecule has 0 saturated heterocycles. The van der Waals surface area contributed by atoms with Crippen molar-refractivity contribution in [2.24, 2.45) is 0 Å². The molecule has 0 spiro atoms. The zero-order chi connectivity index (χ0) is 2.71. The van der Waals surface area contributed by atoms with Crippen LogP contribution in [-0.4, -0.2) is 0 Å². The van der Waals surface area contributed by atoms with Gasteiger partial charge in [0, 0.05) is 0 Å². The van der Waals surface area contributed by atoms with Crippen molar-refractivity contribution in [3.8, 4) is 0 Å². The minimum atomic E-state index is 0. The van der Waals surface area contributed by atoms with Crippen molar-refractivity contribution < 1.29 is 0 Å². The lowest BCUT2D eigenvalue weighted by Crippen LogP contribution is -1.21. The molecule has 0 aromatic rings. The Hall–Kier alpha value is -0.340. The second-order valence-electron chi connectivity index (χ2n) is 0.0816. The third-order valence-corrected chi connectivity index (χ3v) is 0. The van der Waals surface area contributed by atoms with Gasteiger partial charge in [0.2, 0.25) is 0 Å². The summed E-state index contributed by atoms with van der Waals surface area (Å²) in [4.78, 5) is 9.36. The van der Waals surface area contributed by atoms with Crippen molar-refractivity contribution in [3.63, 3.8) is 0 Å². The minimum Gasteiger partial charge on any atom is -0.294 e. The Bertz CT molecular complexity index is 27.0. The Morgan fingerprint density at radius 3 is 1.75 bits per heavy atom. The molecule has 0 aliphatic rings. The average Bonchev–Trinajstić information content (AvgIpc) is 0.918. The van der Waals surface area contributed by atoms with Crippen LogP contribution in [0, 0.1) is 4.91 Å². The van der Waals surface area contributed by atoms with E-state index in [9.17, 15) is 0 Å². The molecule has 4 heteroatoms. The summed E-state index contributed by atoms with van der Waals surface area (Å²) in [7, 11) is 0. The van der Waals surface area contributed by atoms with E-state index in [1.165, 1.54) is 4.97 Å². The number of nitroso groups, excluding NO2 is 1. The van der Waals surface area contributed by atoms with Crippen LogP contribution in [0.15, 0.2) is 0 Å². The van der Waals surface area contributed by atoms with Gasteiger partial charge in [0.05, 0.1) is 0 Å². The first kappa shape index (κ1) is 9.40. The largest absolute Gasteiger partial charge is 0.294 e. The van der Waals surface area contributed by atoms with Crippen molar-refractivity contribution >= 4 is 13.5 Å². The maximum atomic E-state index is 8.11. The van der Waals surface area contributed by atoms with E-state index in [0.717, 1.165) is 0 Å². The van der Waals surface area contributed by atoms with Crippen LogP contribution in [0.3, 0.4) is 0 Å². The molecule has 0 aromatic heterocycles. The monoisotopic (exact) mass is 78.0 g/mol. The van der Waals surface area contributed by atoms with E-state index in [0.29, 0.717) is 0 Å². The Kier molecular flexibility index (Phi) is 39.5. The molecule has 0 aliphatic heterocycles. The van der Waals surface area contributed by atoms with Gasteiger partial charge < -0.3 is 0 Å². The lowest BCUT2D eigenvalue weighted by atomic mass is 13.2. The second kappa shape index (κ2) is 16.8. The summed E-state index contributed by atoms with van der Waals surface area (Å²) >= 11 is 0. The predicted molar refractivity (Wildman–Crippen MR) is 19.2 cm³/mol. The van der Waals surface area contributed by atoms with Gasteiger partial charge in [-0.25, -0.2) is 0 Å². The Morgan fingerprint density at radius 1 is 1.75 bits per heavy atom. The first-order valence-corrected chi connectivity index (χ1v) is 0.383. The third kappa shape index (κ3) is 6.26. The quantitative estimate of drug-likeness (QED) is 0.296. The summed E-state index contributed by atoms with van der Waals surface area (Å²) in [6.07, 6.45) is 0. The smallest absolute Gasteiger partial charge is 0.151 e. The van der Waals surface area contributed by atoms with Crippen molar-refractivity contribution in [1.82, 2.24) is 4.97 Å². The van der Waals surface area contributed by atoms with Gasteiger partial charge in [-0.1, -0.05) is 0 Å². The highest BCUT2D eigenvalue weighted by Crippen LogP contribution is 0.905. The van der Waals surface area contributed by atoms with E-state index in [1.54, 1.807) is 0 Å². The van der Waals surface area contributed by atoms with E-state index in [-0.39, 0.29) is 13.5 Å². The fourth-order valence-electron chi connectivity index (χ4n) is 0. The van der Waals surface area contributed by atoms with Crippen molar-refractivity contribution in [2.75, 3.05) is 0 Å². The standard InChI is InChI=1S/N2O.H2S/c1-2-3;/h;1H2. The molecule has 24 valence electrons. The summed E-state index contributed by atoms with van der Waals surface area (Å²) in [6.45, 7) is 0. The Labute approximate surface area is 29.9 Å². The molecule has 4 heavy (non-hydrogen) atoms.